The second-order valence-electron chi connectivity index (χ2n) is 4.34. The lowest BCUT2D eigenvalue weighted by molar-refractivity contribution is -0.0000271. The van der Waals surface area contributed by atoms with E-state index in [1.807, 2.05) is 27.7 Å². The topological polar surface area (TPSA) is 38.3 Å². The largest absolute Gasteiger partial charge is 1.00 e. The zero-order valence-corrected chi connectivity index (χ0v) is 11.8. The maximum atomic E-state index is 11.2. The molecule has 3 nitrogen and oxygen atoms in total. The normalized spacial score (nSPS) is 12.6. The van der Waals surface area contributed by atoms with Gasteiger partial charge in [0.1, 0.15) is 5.60 Å². The monoisotopic (exact) mass is 314 g/mol. The molecule has 86 valence electrons. The fourth-order valence-corrected chi connectivity index (χ4v) is 1.01. The Morgan fingerprint density at radius 1 is 1.43 bits per heavy atom. The molecular weight excluding hydrogens is 293 g/mol. The van der Waals surface area contributed by atoms with Crippen LogP contribution >= 0.6 is 0 Å². The molecule has 0 saturated heterocycles. The average molecular weight is 314 g/mol. The molecule has 4 heteroatoms. The maximum absolute atomic E-state index is 11.2. The van der Waals surface area contributed by atoms with Crippen molar-refractivity contribution >= 4 is 6.09 Å². The Labute approximate surface area is 104 Å². The standard InChI is InChI=1S/C10H21NO2.HI/c1-6-7-8(2)11-9(12)13-10(3,4)5;/h8H,6-7H2,1-5H3,(H,11,12);1H/p-1/t8-;/m1./s1. The number of ether oxygens (including phenoxy) is 1. The Morgan fingerprint density at radius 3 is 2.29 bits per heavy atom. The first-order valence-corrected chi connectivity index (χ1v) is 4.84. The number of rotatable bonds is 3. The van der Waals surface area contributed by atoms with E-state index in [9.17, 15) is 4.79 Å². The lowest BCUT2D eigenvalue weighted by atomic mass is 10.2. The molecule has 0 heterocycles. The van der Waals surface area contributed by atoms with Crippen LogP contribution in [0, 0.1) is 0 Å². The van der Waals surface area contributed by atoms with Gasteiger partial charge in [0.05, 0.1) is 0 Å². The molecule has 0 bridgehead atoms. The summed E-state index contributed by atoms with van der Waals surface area (Å²) in [5, 5.41) is 2.78. The van der Waals surface area contributed by atoms with E-state index in [-0.39, 0.29) is 36.1 Å². The van der Waals surface area contributed by atoms with Gasteiger partial charge in [-0.05, 0) is 34.1 Å². The number of carbonyl (C=O) groups is 1. The number of alkyl carbamates (subject to hydrolysis) is 1. The van der Waals surface area contributed by atoms with E-state index in [2.05, 4.69) is 12.2 Å². The van der Waals surface area contributed by atoms with Gasteiger partial charge in [-0.15, -0.1) is 0 Å². The zero-order chi connectivity index (χ0) is 10.5. The van der Waals surface area contributed by atoms with E-state index >= 15 is 0 Å². The summed E-state index contributed by atoms with van der Waals surface area (Å²) in [6.45, 7) is 9.64. The van der Waals surface area contributed by atoms with Crippen molar-refractivity contribution in [1.82, 2.24) is 5.32 Å². The second kappa shape index (κ2) is 7.31. The van der Waals surface area contributed by atoms with Gasteiger partial charge in [-0.25, -0.2) is 4.79 Å². The smallest absolute Gasteiger partial charge is 0.407 e. The van der Waals surface area contributed by atoms with Crippen LogP contribution in [0.25, 0.3) is 0 Å². The molecule has 0 rings (SSSR count). The first-order valence-electron chi connectivity index (χ1n) is 4.84. The fraction of sp³-hybridized carbons (Fsp3) is 0.900. The number of nitrogens with one attached hydrogen (secondary N) is 1. The highest BCUT2D eigenvalue weighted by Crippen LogP contribution is 2.07. The molecule has 0 radical (unpaired) electrons. The molecule has 1 amide bonds. The van der Waals surface area contributed by atoms with Gasteiger partial charge in [0.15, 0.2) is 0 Å². The van der Waals surface area contributed by atoms with Crippen molar-refractivity contribution in [1.29, 1.82) is 0 Å². The molecule has 0 aromatic heterocycles. The molecule has 0 aromatic carbocycles. The SMILES string of the molecule is CCC[C@@H](C)NC(=O)OC(C)(C)C.[I-]. The Hall–Kier alpha value is 0. The summed E-state index contributed by atoms with van der Waals surface area (Å²) in [4.78, 5) is 11.2. The molecule has 0 aliphatic heterocycles. The minimum atomic E-state index is -0.407. The van der Waals surface area contributed by atoms with Crippen LogP contribution in [0.15, 0.2) is 0 Å². The quantitative estimate of drug-likeness (QED) is 0.727. The van der Waals surface area contributed by atoms with Crippen molar-refractivity contribution < 1.29 is 33.5 Å². The molecule has 0 saturated carbocycles. The molecule has 0 aliphatic rings. The Morgan fingerprint density at radius 2 is 1.93 bits per heavy atom. The summed E-state index contributed by atoms with van der Waals surface area (Å²) in [5.41, 5.74) is -0.407. The van der Waals surface area contributed by atoms with E-state index in [1.165, 1.54) is 0 Å². The van der Waals surface area contributed by atoms with Crippen molar-refractivity contribution in [2.45, 2.75) is 59.1 Å². The van der Waals surface area contributed by atoms with Crippen LogP contribution in [0.4, 0.5) is 4.79 Å². The van der Waals surface area contributed by atoms with Crippen LogP contribution < -0.4 is 29.3 Å². The van der Waals surface area contributed by atoms with Gasteiger partial charge in [-0.1, -0.05) is 13.3 Å². The van der Waals surface area contributed by atoms with Gasteiger partial charge in [0, 0.05) is 6.04 Å². The minimum absolute atomic E-state index is 0. The Balaban J connectivity index is 0. The van der Waals surface area contributed by atoms with Gasteiger partial charge in [0.2, 0.25) is 0 Å². The minimum Gasteiger partial charge on any atom is -1.00 e. The Bertz CT molecular complexity index is 166. The number of halogens is 1. The van der Waals surface area contributed by atoms with Gasteiger partial charge in [-0.2, -0.15) is 0 Å². The Kier molecular flexibility index (Phi) is 8.58. The summed E-state index contributed by atoms with van der Waals surface area (Å²) in [6, 6.07) is 0.194. The van der Waals surface area contributed by atoms with Crippen molar-refractivity contribution in [3.05, 3.63) is 0 Å². The molecule has 0 unspecified atom stereocenters. The van der Waals surface area contributed by atoms with Crippen molar-refractivity contribution in [2.24, 2.45) is 0 Å². The highest BCUT2D eigenvalue weighted by atomic mass is 127. The van der Waals surface area contributed by atoms with Crippen LogP contribution in [-0.4, -0.2) is 17.7 Å². The third-order valence-electron chi connectivity index (χ3n) is 1.48. The summed E-state index contributed by atoms with van der Waals surface area (Å²) in [5.74, 6) is 0. The number of hydrogen-bond donors (Lipinski definition) is 1. The molecule has 1 atom stereocenters. The summed E-state index contributed by atoms with van der Waals surface area (Å²) >= 11 is 0. The summed E-state index contributed by atoms with van der Waals surface area (Å²) in [7, 11) is 0. The van der Waals surface area contributed by atoms with Gasteiger partial charge in [0.25, 0.3) is 0 Å². The van der Waals surface area contributed by atoms with E-state index in [0.717, 1.165) is 12.8 Å². The molecule has 0 aliphatic carbocycles. The third kappa shape index (κ3) is 10.1. The van der Waals surface area contributed by atoms with Crippen molar-refractivity contribution in [2.75, 3.05) is 0 Å². The molecular formula is C10H21INO2-. The molecule has 0 aromatic rings. The first kappa shape index (κ1) is 16.4. The molecule has 14 heavy (non-hydrogen) atoms. The van der Waals surface area contributed by atoms with Crippen LogP contribution in [0.2, 0.25) is 0 Å². The molecule has 0 spiro atoms. The fourth-order valence-electron chi connectivity index (χ4n) is 1.01. The lowest BCUT2D eigenvalue weighted by Gasteiger charge is -2.21. The van der Waals surface area contributed by atoms with Crippen molar-refractivity contribution in [3.8, 4) is 0 Å². The van der Waals surface area contributed by atoms with Gasteiger partial charge >= 0.3 is 6.09 Å². The van der Waals surface area contributed by atoms with E-state index in [0.29, 0.717) is 0 Å². The average Bonchev–Trinajstić information content (AvgIpc) is 1.81. The lowest BCUT2D eigenvalue weighted by Crippen LogP contribution is -3.00. The van der Waals surface area contributed by atoms with E-state index < -0.39 is 5.60 Å². The highest BCUT2D eigenvalue weighted by molar-refractivity contribution is 5.67. The zero-order valence-electron chi connectivity index (χ0n) is 9.69. The van der Waals surface area contributed by atoms with Crippen LogP contribution in [0.1, 0.15) is 47.5 Å². The number of hydrogen-bond acceptors (Lipinski definition) is 2. The van der Waals surface area contributed by atoms with Gasteiger partial charge in [-0.3, -0.25) is 0 Å². The molecule has 0 fully saturated rings. The number of carbonyl (C=O) groups excluding carboxylic acids is 1. The summed E-state index contributed by atoms with van der Waals surface area (Å²) in [6.07, 6.45) is 1.73. The first-order chi connectivity index (χ1) is 5.85. The molecule has 1 N–H and O–H groups in total. The third-order valence-corrected chi connectivity index (χ3v) is 1.48. The predicted molar refractivity (Wildman–Crippen MR) is 53.7 cm³/mol. The van der Waals surface area contributed by atoms with Gasteiger partial charge < -0.3 is 34.0 Å². The summed E-state index contributed by atoms with van der Waals surface area (Å²) < 4.78 is 5.10. The second-order valence-corrected chi connectivity index (χ2v) is 4.34. The maximum Gasteiger partial charge on any atom is 0.407 e. The van der Waals surface area contributed by atoms with Crippen LogP contribution in [0.5, 0.6) is 0 Å². The van der Waals surface area contributed by atoms with E-state index in [4.69, 9.17) is 4.74 Å². The van der Waals surface area contributed by atoms with E-state index in [1.54, 1.807) is 0 Å². The van der Waals surface area contributed by atoms with Crippen LogP contribution in [-0.2, 0) is 4.74 Å². The van der Waals surface area contributed by atoms with Crippen molar-refractivity contribution in [3.63, 3.8) is 0 Å². The number of amides is 1. The van der Waals surface area contributed by atoms with Crippen LogP contribution in [0.3, 0.4) is 0 Å². The highest BCUT2D eigenvalue weighted by Gasteiger charge is 2.16. The predicted octanol–water partition coefficient (Wildman–Crippen LogP) is -0.296.